The molecule has 0 unspecified atom stereocenters. The fourth-order valence-electron chi connectivity index (χ4n) is 3.62. The molecule has 0 spiro atoms. The lowest BCUT2D eigenvalue weighted by molar-refractivity contribution is -0.132. The van der Waals surface area contributed by atoms with Gasteiger partial charge >= 0.3 is 0 Å². The number of carbonyl (C=O) groups is 1. The largest absolute Gasteiger partial charge is 0.297 e. The number of benzene rings is 2. The molecule has 140 valence electrons. The average molecular weight is 419 g/mol. The van der Waals surface area contributed by atoms with E-state index < -0.39 is 0 Å². The fraction of sp³-hybridized carbons (Fsp3) is 0.300. The molecule has 0 aromatic heterocycles. The number of hydrogen-bond acceptors (Lipinski definition) is 5. The first kappa shape index (κ1) is 18.7. The lowest BCUT2D eigenvalue weighted by atomic mass is 9.88. The lowest BCUT2D eigenvalue weighted by Crippen LogP contribution is -2.41. The number of nitrogens with zero attached hydrogens (tertiary/aromatic N) is 2. The third-order valence-corrected chi connectivity index (χ3v) is 6.59. The van der Waals surface area contributed by atoms with E-state index in [1.54, 1.807) is 16.7 Å². The molecule has 4 nitrogen and oxygen atoms in total. The van der Waals surface area contributed by atoms with Gasteiger partial charge in [-0.3, -0.25) is 14.5 Å². The standard InChI is InChI=1S/C20H19ClN2O2S2/c1-13-17(19(24)22-11-12-27-20(22)26)18(14-7-9-15(21)10-8-14)23(25-13)16-5-3-2-4-6-16/h2-10,13,17-18H,11-12H2,1H3/t13-,17-,18+/m0/s1. The maximum atomic E-state index is 13.4. The Labute approximate surface area is 173 Å². The van der Waals surface area contributed by atoms with E-state index >= 15 is 0 Å². The lowest BCUT2D eigenvalue weighted by Gasteiger charge is -2.29. The summed E-state index contributed by atoms with van der Waals surface area (Å²) in [6.45, 7) is 2.60. The summed E-state index contributed by atoms with van der Waals surface area (Å²) in [5.41, 5.74) is 1.90. The van der Waals surface area contributed by atoms with Crippen molar-refractivity contribution in [2.45, 2.75) is 19.1 Å². The monoisotopic (exact) mass is 418 g/mol. The van der Waals surface area contributed by atoms with Crippen LogP contribution in [0.2, 0.25) is 5.02 Å². The van der Waals surface area contributed by atoms with Gasteiger partial charge in [0.15, 0.2) is 0 Å². The number of anilines is 1. The highest BCUT2D eigenvalue weighted by Crippen LogP contribution is 2.44. The van der Waals surface area contributed by atoms with Gasteiger partial charge in [0.25, 0.3) is 0 Å². The molecule has 1 amide bonds. The highest BCUT2D eigenvalue weighted by molar-refractivity contribution is 8.23. The summed E-state index contributed by atoms with van der Waals surface area (Å²) < 4.78 is 0.653. The van der Waals surface area contributed by atoms with Crippen molar-refractivity contribution in [2.24, 2.45) is 5.92 Å². The van der Waals surface area contributed by atoms with Gasteiger partial charge in [-0.05, 0) is 36.8 Å². The maximum Gasteiger partial charge on any atom is 0.236 e. The number of hydrogen-bond donors (Lipinski definition) is 0. The summed E-state index contributed by atoms with van der Waals surface area (Å²) in [5, 5.41) is 2.51. The molecule has 7 heteroatoms. The molecule has 0 saturated carbocycles. The highest BCUT2D eigenvalue weighted by atomic mass is 35.5. The summed E-state index contributed by atoms with van der Waals surface area (Å²) in [5.74, 6) is 0.513. The first-order valence-corrected chi connectivity index (χ1v) is 10.6. The Bertz CT molecular complexity index is 847. The normalized spacial score (nSPS) is 25.3. The van der Waals surface area contributed by atoms with E-state index in [4.69, 9.17) is 28.7 Å². The van der Waals surface area contributed by atoms with Crippen molar-refractivity contribution in [3.63, 3.8) is 0 Å². The molecule has 3 atom stereocenters. The molecule has 2 saturated heterocycles. The molecule has 27 heavy (non-hydrogen) atoms. The molecular weight excluding hydrogens is 400 g/mol. The van der Waals surface area contributed by atoms with Crippen LogP contribution in [0.25, 0.3) is 0 Å². The molecule has 2 aliphatic rings. The van der Waals surface area contributed by atoms with Gasteiger partial charge in [-0.15, -0.1) is 0 Å². The number of rotatable bonds is 3. The molecular formula is C20H19ClN2O2S2. The zero-order valence-electron chi connectivity index (χ0n) is 14.7. The maximum absolute atomic E-state index is 13.4. The Morgan fingerprint density at radius 3 is 2.52 bits per heavy atom. The Morgan fingerprint density at radius 1 is 1.19 bits per heavy atom. The quantitative estimate of drug-likeness (QED) is 0.675. The molecule has 2 aliphatic heterocycles. The highest BCUT2D eigenvalue weighted by Gasteiger charge is 2.48. The second kappa shape index (κ2) is 7.80. The summed E-state index contributed by atoms with van der Waals surface area (Å²) in [7, 11) is 0. The zero-order valence-corrected chi connectivity index (χ0v) is 17.1. The second-order valence-electron chi connectivity index (χ2n) is 6.60. The number of amides is 1. The summed E-state index contributed by atoms with van der Waals surface area (Å²) in [6, 6.07) is 17.2. The molecule has 2 aromatic carbocycles. The van der Waals surface area contributed by atoms with Gasteiger partial charge in [-0.2, -0.15) is 0 Å². The van der Waals surface area contributed by atoms with E-state index in [0.29, 0.717) is 15.9 Å². The third kappa shape index (κ3) is 3.59. The number of para-hydroxylation sites is 1. The Balaban J connectivity index is 1.75. The van der Waals surface area contributed by atoms with E-state index in [-0.39, 0.29) is 24.0 Å². The van der Waals surface area contributed by atoms with Crippen LogP contribution in [0.5, 0.6) is 0 Å². The van der Waals surface area contributed by atoms with Gasteiger partial charge in [0.1, 0.15) is 4.32 Å². The van der Waals surface area contributed by atoms with Crippen molar-refractivity contribution in [3.05, 3.63) is 65.2 Å². The predicted molar refractivity (Wildman–Crippen MR) is 114 cm³/mol. The fourth-order valence-corrected chi connectivity index (χ4v) is 4.96. The summed E-state index contributed by atoms with van der Waals surface area (Å²) >= 11 is 13.0. The van der Waals surface area contributed by atoms with Crippen LogP contribution in [-0.2, 0) is 9.63 Å². The van der Waals surface area contributed by atoms with Crippen LogP contribution in [0.3, 0.4) is 0 Å². The molecule has 2 heterocycles. The minimum Gasteiger partial charge on any atom is -0.297 e. The van der Waals surface area contributed by atoms with Crippen LogP contribution in [-0.4, -0.2) is 33.5 Å². The number of halogens is 1. The number of thioether (sulfide) groups is 1. The Morgan fingerprint density at radius 2 is 1.89 bits per heavy atom. The van der Waals surface area contributed by atoms with Gasteiger partial charge in [-0.1, -0.05) is 65.9 Å². The van der Waals surface area contributed by atoms with E-state index in [2.05, 4.69) is 0 Å². The Hall–Kier alpha value is -1.60. The smallest absolute Gasteiger partial charge is 0.236 e. The first-order valence-electron chi connectivity index (χ1n) is 8.81. The van der Waals surface area contributed by atoms with E-state index in [1.807, 2.05) is 66.6 Å². The average Bonchev–Trinajstić information content (AvgIpc) is 3.26. The number of thiocarbonyl (C=S) groups is 1. The molecule has 2 fully saturated rings. The van der Waals surface area contributed by atoms with Gasteiger partial charge < -0.3 is 0 Å². The Kier molecular flexibility index (Phi) is 5.41. The van der Waals surface area contributed by atoms with Crippen molar-refractivity contribution in [2.75, 3.05) is 17.4 Å². The van der Waals surface area contributed by atoms with Crippen LogP contribution in [0.1, 0.15) is 18.5 Å². The SMILES string of the molecule is C[C@@H]1ON(c2ccccc2)[C@H](c2ccc(Cl)cc2)[C@H]1C(=O)N1CCSC1=S. The second-order valence-corrected chi connectivity index (χ2v) is 8.76. The molecule has 0 bridgehead atoms. The molecule has 4 rings (SSSR count). The molecule has 0 radical (unpaired) electrons. The van der Waals surface area contributed by atoms with E-state index in [0.717, 1.165) is 17.0 Å². The van der Waals surface area contributed by atoms with Gasteiger partial charge in [0.2, 0.25) is 5.91 Å². The van der Waals surface area contributed by atoms with Crippen molar-refractivity contribution in [1.29, 1.82) is 0 Å². The van der Waals surface area contributed by atoms with Crippen LogP contribution >= 0.6 is 35.6 Å². The minimum atomic E-state index is -0.358. The van der Waals surface area contributed by atoms with Crippen LogP contribution in [0, 0.1) is 5.92 Å². The minimum absolute atomic E-state index is 0.0240. The van der Waals surface area contributed by atoms with Crippen LogP contribution < -0.4 is 5.06 Å². The van der Waals surface area contributed by atoms with Crippen molar-refractivity contribution in [3.8, 4) is 0 Å². The van der Waals surface area contributed by atoms with Crippen LogP contribution in [0.4, 0.5) is 5.69 Å². The third-order valence-electron chi connectivity index (χ3n) is 4.91. The zero-order chi connectivity index (χ0) is 19.0. The van der Waals surface area contributed by atoms with E-state index in [9.17, 15) is 4.79 Å². The van der Waals surface area contributed by atoms with Crippen LogP contribution in [0.15, 0.2) is 54.6 Å². The predicted octanol–water partition coefficient (Wildman–Crippen LogP) is 4.70. The topological polar surface area (TPSA) is 32.8 Å². The summed E-state index contributed by atoms with van der Waals surface area (Å²) in [6.07, 6.45) is -0.271. The number of hydroxylamine groups is 1. The first-order chi connectivity index (χ1) is 13.1. The van der Waals surface area contributed by atoms with Crippen molar-refractivity contribution < 1.29 is 9.63 Å². The van der Waals surface area contributed by atoms with E-state index in [1.165, 1.54) is 0 Å². The van der Waals surface area contributed by atoms with Gasteiger partial charge in [0.05, 0.1) is 23.8 Å². The molecule has 2 aromatic rings. The van der Waals surface area contributed by atoms with Gasteiger partial charge in [0, 0.05) is 17.3 Å². The molecule has 0 aliphatic carbocycles. The number of carbonyl (C=O) groups excluding carboxylic acids is 1. The van der Waals surface area contributed by atoms with Gasteiger partial charge in [-0.25, -0.2) is 5.06 Å². The molecule has 0 N–H and O–H groups in total. The van der Waals surface area contributed by atoms with Crippen molar-refractivity contribution in [1.82, 2.24) is 4.90 Å². The van der Waals surface area contributed by atoms with Crippen molar-refractivity contribution >= 4 is 51.5 Å². The summed E-state index contributed by atoms with van der Waals surface area (Å²) in [4.78, 5) is 21.3.